The number of pyridine rings is 1. The monoisotopic (exact) mass is 544 g/mol. The van der Waals surface area contributed by atoms with E-state index in [9.17, 15) is 4.39 Å². The zero-order chi connectivity index (χ0) is 28.2. The number of aryl methyl sites for hydroxylation is 1. The predicted octanol–water partition coefficient (Wildman–Crippen LogP) is 10.7. The van der Waals surface area contributed by atoms with Crippen molar-refractivity contribution in [3.8, 4) is 33.9 Å². The molecule has 1 aromatic heterocycles. The molecule has 0 unspecified atom stereocenters. The quantitative estimate of drug-likeness (QED) is 0.221. The molecular weight excluding hydrogens is 519 g/mol. The Labute approximate surface area is 243 Å². The second-order valence-electron chi connectivity index (χ2n) is 10.6. The number of para-hydroxylation sites is 4. The predicted molar refractivity (Wildman–Crippen MR) is 170 cm³/mol. The number of rotatable bonds is 3. The highest BCUT2D eigenvalue weighted by atomic mass is 19.1. The molecule has 0 spiro atoms. The second kappa shape index (κ2) is 9.57. The number of ether oxygens (including phenoxy) is 1. The van der Waals surface area contributed by atoms with Crippen LogP contribution in [0.15, 0.2) is 133 Å². The number of benzene rings is 6. The van der Waals surface area contributed by atoms with Gasteiger partial charge in [0.2, 0.25) is 0 Å². The molecule has 6 aromatic carbocycles. The fourth-order valence-electron chi connectivity index (χ4n) is 6.08. The van der Waals surface area contributed by atoms with Gasteiger partial charge in [0.1, 0.15) is 5.82 Å². The van der Waals surface area contributed by atoms with Crippen LogP contribution in [0.4, 0.5) is 21.5 Å². The lowest BCUT2D eigenvalue weighted by Gasteiger charge is -2.33. The molecule has 0 aliphatic carbocycles. The molecule has 1 aliphatic rings. The largest absolute Gasteiger partial charge is 0.453 e. The van der Waals surface area contributed by atoms with Crippen LogP contribution in [0.3, 0.4) is 0 Å². The van der Waals surface area contributed by atoms with Crippen molar-refractivity contribution >= 4 is 38.7 Å². The summed E-state index contributed by atoms with van der Waals surface area (Å²) in [6.45, 7) is 2.14. The van der Waals surface area contributed by atoms with E-state index in [1.807, 2.05) is 36.4 Å². The first-order chi connectivity index (χ1) is 20.7. The summed E-state index contributed by atoms with van der Waals surface area (Å²) in [6.07, 6.45) is 0. The maximum Gasteiger partial charge on any atom is 0.151 e. The Bertz CT molecular complexity index is 2100. The summed E-state index contributed by atoms with van der Waals surface area (Å²) in [4.78, 5) is 7.56. The Morgan fingerprint density at radius 3 is 2.05 bits per heavy atom. The molecule has 0 atom stereocenters. The van der Waals surface area contributed by atoms with Crippen LogP contribution < -0.4 is 9.64 Å². The first kappa shape index (κ1) is 24.3. The Balaban J connectivity index is 1.49. The number of nitrogens with zero attached hydrogens (tertiary/aromatic N) is 2. The lowest BCUT2D eigenvalue weighted by Crippen LogP contribution is -2.16. The number of aromatic nitrogens is 1. The molecule has 0 radical (unpaired) electrons. The number of fused-ring (bicyclic) bond motifs is 4. The van der Waals surface area contributed by atoms with Crippen LogP contribution in [0.5, 0.6) is 11.5 Å². The van der Waals surface area contributed by atoms with Gasteiger partial charge in [-0.05, 0) is 95.1 Å². The lowest BCUT2D eigenvalue weighted by atomic mass is 9.91. The van der Waals surface area contributed by atoms with Crippen molar-refractivity contribution in [2.45, 2.75) is 6.92 Å². The molecule has 3 nitrogen and oxygen atoms in total. The zero-order valence-corrected chi connectivity index (χ0v) is 22.9. The molecule has 200 valence electrons. The summed E-state index contributed by atoms with van der Waals surface area (Å²) in [6, 6.07) is 44.1. The summed E-state index contributed by atoms with van der Waals surface area (Å²) < 4.78 is 20.3. The van der Waals surface area contributed by atoms with Crippen LogP contribution in [0, 0.1) is 12.7 Å². The Morgan fingerprint density at radius 1 is 0.619 bits per heavy atom. The van der Waals surface area contributed by atoms with Gasteiger partial charge in [-0.25, -0.2) is 9.37 Å². The second-order valence-corrected chi connectivity index (χ2v) is 10.6. The molecule has 1 aliphatic heterocycles. The smallest absolute Gasteiger partial charge is 0.151 e. The van der Waals surface area contributed by atoms with Gasteiger partial charge in [0, 0.05) is 10.9 Å². The molecule has 0 saturated heterocycles. The number of anilines is 3. The van der Waals surface area contributed by atoms with Crippen molar-refractivity contribution in [1.29, 1.82) is 0 Å². The van der Waals surface area contributed by atoms with Crippen molar-refractivity contribution in [2.75, 3.05) is 4.90 Å². The van der Waals surface area contributed by atoms with E-state index in [2.05, 4.69) is 84.6 Å². The van der Waals surface area contributed by atoms with Gasteiger partial charge in [-0.3, -0.25) is 0 Å². The standard InChI is InChI=1S/C38H25FN2O/c1-24-17-22-34(41-32-13-4-6-15-35(32)42-36-16-7-5-14-33(36)41)38-37(24)30(23-31(40-38)26-18-20-27(39)21-19-26)29-12-8-10-25-9-2-3-11-28(25)29/h2-23H,1H3. The molecule has 0 saturated carbocycles. The molecule has 0 bridgehead atoms. The van der Waals surface area contributed by atoms with Crippen LogP contribution >= 0.6 is 0 Å². The SMILES string of the molecule is Cc1ccc(N2c3ccccc3Oc3ccccc32)c2nc(-c3ccc(F)cc3)cc(-c3cccc4ccccc34)c12. The van der Waals surface area contributed by atoms with Crippen LogP contribution in [0.1, 0.15) is 5.56 Å². The van der Waals surface area contributed by atoms with Crippen LogP contribution in [-0.2, 0) is 0 Å². The van der Waals surface area contributed by atoms with E-state index in [1.165, 1.54) is 22.9 Å². The van der Waals surface area contributed by atoms with E-state index in [-0.39, 0.29) is 5.82 Å². The Morgan fingerprint density at radius 2 is 1.29 bits per heavy atom. The van der Waals surface area contributed by atoms with E-state index in [0.717, 1.165) is 67.4 Å². The van der Waals surface area contributed by atoms with Crippen LogP contribution in [-0.4, -0.2) is 4.98 Å². The first-order valence-electron chi connectivity index (χ1n) is 14.0. The highest BCUT2D eigenvalue weighted by molar-refractivity contribution is 6.11. The average molecular weight is 545 g/mol. The topological polar surface area (TPSA) is 25.4 Å². The normalized spacial score (nSPS) is 12.2. The molecule has 2 heterocycles. The molecule has 0 N–H and O–H groups in total. The van der Waals surface area contributed by atoms with Gasteiger partial charge >= 0.3 is 0 Å². The van der Waals surface area contributed by atoms with Crippen LogP contribution in [0.25, 0.3) is 44.1 Å². The van der Waals surface area contributed by atoms with Crippen molar-refractivity contribution in [1.82, 2.24) is 4.98 Å². The maximum absolute atomic E-state index is 14.0. The molecule has 8 rings (SSSR count). The molecular formula is C38H25FN2O. The van der Waals surface area contributed by atoms with E-state index >= 15 is 0 Å². The number of hydrogen-bond donors (Lipinski definition) is 0. The first-order valence-corrected chi connectivity index (χ1v) is 14.0. The van der Waals surface area contributed by atoms with Gasteiger partial charge in [-0.1, -0.05) is 72.8 Å². The number of halogens is 1. The van der Waals surface area contributed by atoms with Gasteiger partial charge in [-0.15, -0.1) is 0 Å². The summed E-state index contributed by atoms with van der Waals surface area (Å²) in [5, 5.41) is 3.42. The number of hydrogen-bond acceptors (Lipinski definition) is 3. The molecule has 0 amide bonds. The third-order valence-corrected chi connectivity index (χ3v) is 8.04. The van der Waals surface area contributed by atoms with Gasteiger partial charge in [-0.2, -0.15) is 0 Å². The third kappa shape index (κ3) is 3.84. The highest BCUT2D eigenvalue weighted by Crippen LogP contribution is 2.52. The molecule has 0 fully saturated rings. The fraction of sp³-hybridized carbons (Fsp3) is 0.0263. The van der Waals surface area contributed by atoms with Crippen molar-refractivity contribution in [3.05, 3.63) is 145 Å². The van der Waals surface area contributed by atoms with Crippen molar-refractivity contribution < 1.29 is 9.13 Å². The van der Waals surface area contributed by atoms with Gasteiger partial charge in [0.15, 0.2) is 11.5 Å². The van der Waals surface area contributed by atoms with E-state index in [4.69, 9.17) is 9.72 Å². The minimum atomic E-state index is -0.271. The lowest BCUT2D eigenvalue weighted by molar-refractivity contribution is 0.477. The Kier molecular flexibility index (Phi) is 5.54. The minimum absolute atomic E-state index is 0.271. The van der Waals surface area contributed by atoms with Gasteiger partial charge in [0.25, 0.3) is 0 Å². The Hall–Kier alpha value is -5.48. The van der Waals surface area contributed by atoms with Crippen molar-refractivity contribution in [3.63, 3.8) is 0 Å². The summed E-state index contributed by atoms with van der Waals surface area (Å²) in [5.74, 6) is 1.30. The highest BCUT2D eigenvalue weighted by Gasteiger charge is 2.28. The zero-order valence-electron chi connectivity index (χ0n) is 22.9. The van der Waals surface area contributed by atoms with E-state index in [0.29, 0.717) is 0 Å². The molecule has 4 heteroatoms. The van der Waals surface area contributed by atoms with Gasteiger partial charge < -0.3 is 9.64 Å². The summed E-state index contributed by atoms with van der Waals surface area (Å²) >= 11 is 0. The minimum Gasteiger partial charge on any atom is -0.453 e. The van der Waals surface area contributed by atoms with Crippen LogP contribution in [0.2, 0.25) is 0 Å². The average Bonchev–Trinajstić information content (AvgIpc) is 3.04. The molecule has 7 aromatic rings. The van der Waals surface area contributed by atoms with Gasteiger partial charge in [0.05, 0.1) is 28.3 Å². The molecule has 42 heavy (non-hydrogen) atoms. The summed E-state index contributed by atoms with van der Waals surface area (Å²) in [5.41, 5.74) is 8.70. The van der Waals surface area contributed by atoms with E-state index < -0.39 is 0 Å². The summed E-state index contributed by atoms with van der Waals surface area (Å²) in [7, 11) is 0. The van der Waals surface area contributed by atoms with Crippen molar-refractivity contribution in [2.24, 2.45) is 0 Å². The van der Waals surface area contributed by atoms with E-state index in [1.54, 1.807) is 12.1 Å². The maximum atomic E-state index is 14.0. The third-order valence-electron chi connectivity index (χ3n) is 8.04. The fourth-order valence-corrected chi connectivity index (χ4v) is 6.08.